The van der Waals surface area contributed by atoms with Crippen molar-refractivity contribution >= 4 is 22.6 Å². The topological polar surface area (TPSA) is 0 Å². The Balaban J connectivity index is 3.02. The van der Waals surface area contributed by atoms with Crippen LogP contribution in [0, 0.1) is 0 Å². The SMILES string of the molecule is CCCC[C@@H](I)CCCCF. The predicted molar refractivity (Wildman–Crippen MR) is 57.2 cm³/mol. The van der Waals surface area contributed by atoms with Gasteiger partial charge in [-0.25, -0.2) is 0 Å². The van der Waals surface area contributed by atoms with Gasteiger partial charge < -0.3 is 0 Å². The van der Waals surface area contributed by atoms with Crippen molar-refractivity contribution in [2.45, 2.75) is 49.4 Å². The van der Waals surface area contributed by atoms with Crippen LogP contribution in [-0.4, -0.2) is 10.6 Å². The van der Waals surface area contributed by atoms with E-state index in [0.717, 1.165) is 16.8 Å². The van der Waals surface area contributed by atoms with Crippen LogP contribution in [0.4, 0.5) is 4.39 Å². The van der Waals surface area contributed by atoms with Crippen molar-refractivity contribution in [3.05, 3.63) is 0 Å². The van der Waals surface area contributed by atoms with E-state index in [1.807, 2.05) is 0 Å². The third-order valence-electron chi connectivity index (χ3n) is 1.77. The number of rotatable bonds is 7. The van der Waals surface area contributed by atoms with Gasteiger partial charge in [-0.2, -0.15) is 0 Å². The first-order chi connectivity index (χ1) is 5.31. The Morgan fingerprint density at radius 2 is 1.82 bits per heavy atom. The fourth-order valence-electron chi connectivity index (χ4n) is 1.03. The van der Waals surface area contributed by atoms with Crippen LogP contribution in [0.5, 0.6) is 0 Å². The second-order valence-corrected chi connectivity index (χ2v) is 4.69. The molecular formula is C9H18FI. The Labute approximate surface area is 83.1 Å². The van der Waals surface area contributed by atoms with E-state index in [9.17, 15) is 4.39 Å². The number of unbranched alkanes of at least 4 members (excludes halogenated alkanes) is 2. The average Bonchev–Trinajstić information content (AvgIpc) is 2.01. The third-order valence-corrected chi connectivity index (χ3v) is 3.02. The summed E-state index contributed by atoms with van der Waals surface area (Å²) in [6.45, 7) is 2.07. The van der Waals surface area contributed by atoms with E-state index in [1.165, 1.54) is 25.7 Å². The molecule has 0 aromatic carbocycles. The second-order valence-electron chi connectivity index (χ2n) is 2.92. The summed E-state index contributed by atoms with van der Waals surface area (Å²) in [5, 5.41) is 0. The zero-order chi connectivity index (χ0) is 8.53. The highest BCUT2D eigenvalue weighted by atomic mass is 127. The van der Waals surface area contributed by atoms with Gasteiger partial charge in [-0.3, -0.25) is 4.39 Å². The van der Waals surface area contributed by atoms with Gasteiger partial charge in [0.25, 0.3) is 0 Å². The molecule has 0 aromatic heterocycles. The summed E-state index contributed by atoms with van der Waals surface area (Å²) in [6.07, 6.45) is 6.93. The van der Waals surface area contributed by atoms with Gasteiger partial charge >= 0.3 is 0 Å². The van der Waals surface area contributed by atoms with Crippen molar-refractivity contribution in [3.63, 3.8) is 0 Å². The molecular weight excluding hydrogens is 254 g/mol. The summed E-state index contributed by atoms with van der Waals surface area (Å²) in [4.78, 5) is 0. The van der Waals surface area contributed by atoms with Gasteiger partial charge in [-0.05, 0) is 25.7 Å². The Bertz CT molecular complexity index is 76.0. The lowest BCUT2D eigenvalue weighted by Crippen LogP contribution is -1.97. The molecule has 0 heterocycles. The van der Waals surface area contributed by atoms with Gasteiger partial charge in [0.1, 0.15) is 0 Å². The summed E-state index contributed by atoms with van der Waals surface area (Å²) in [5.74, 6) is 0. The van der Waals surface area contributed by atoms with Gasteiger partial charge in [0.15, 0.2) is 0 Å². The van der Waals surface area contributed by atoms with Crippen LogP contribution >= 0.6 is 22.6 Å². The molecule has 0 saturated heterocycles. The fourth-order valence-corrected chi connectivity index (χ4v) is 1.91. The van der Waals surface area contributed by atoms with Crippen molar-refractivity contribution in [1.82, 2.24) is 0 Å². The van der Waals surface area contributed by atoms with Crippen LogP contribution in [0.1, 0.15) is 45.4 Å². The predicted octanol–water partition coefficient (Wildman–Crippen LogP) is 4.12. The van der Waals surface area contributed by atoms with E-state index in [0.29, 0.717) is 0 Å². The van der Waals surface area contributed by atoms with Gasteiger partial charge in [-0.1, -0.05) is 42.4 Å². The Kier molecular flexibility index (Phi) is 9.28. The molecule has 0 bridgehead atoms. The molecule has 0 N–H and O–H groups in total. The van der Waals surface area contributed by atoms with Crippen LogP contribution in [0.15, 0.2) is 0 Å². The van der Waals surface area contributed by atoms with Gasteiger partial charge in [0.2, 0.25) is 0 Å². The highest BCUT2D eigenvalue weighted by Crippen LogP contribution is 2.16. The molecule has 0 radical (unpaired) electrons. The normalized spacial score (nSPS) is 13.4. The molecule has 1 atom stereocenters. The summed E-state index contributed by atoms with van der Waals surface area (Å²) >= 11 is 2.48. The molecule has 0 unspecified atom stereocenters. The number of hydrogen-bond donors (Lipinski definition) is 0. The van der Waals surface area contributed by atoms with Crippen molar-refractivity contribution in [2.24, 2.45) is 0 Å². The lowest BCUT2D eigenvalue weighted by atomic mass is 10.1. The standard InChI is InChI=1S/C9H18FI/c1-2-3-6-9(11)7-4-5-8-10/h9H,2-8H2,1H3/t9-/m1/s1. The monoisotopic (exact) mass is 272 g/mol. The van der Waals surface area contributed by atoms with Gasteiger partial charge in [-0.15, -0.1) is 0 Å². The van der Waals surface area contributed by atoms with Crippen LogP contribution < -0.4 is 0 Å². The second kappa shape index (κ2) is 8.75. The maximum atomic E-state index is 11.7. The number of halogens is 2. The molecule has 2 heteroatoms. The third kappa shape index (κ3) is 8.57. The molecule has 11 heavy (non-hydrogen) atoms. The molecule has 0 aliphatic rings. The first-order valence-electron chi connectivity index (χ1n) is 4.51. The van der Waals surface area contributed by atoms with Gasteiger partial charge in [0.05, 0.1) is 6.67 Å². The Morgan fingerprint density at radius 3 is 2.36 bits per heavy atom. The van der Waals surface area contributed by atoms with Crippen LogP contribution in [0.2, 0.25) is 0 Å². The Morgan fingerprint density at radius 1 is 1.18 bits per heavy atom. The Hall–Kier alpha value is 0.660. The minimum atomic E-state index is -0.142. The van der Waals surface area contributed by atoms with E-state index in [2.05, 4.69) is 29.5 Å². The summed E-state index contributed by atoms with van der Waals surface area (Å²) in [6, 6.07) is 0. The van der Waals surface area contributed by atoms with Crippen LogP contribution in [0.25, 0.3) is 0 Å². The molecule has 0 rings (SSSR count). The number of alkyl halides is 2. The fraction of sp³-hybridized carbons (Fsp3) is 1.00. The molecule has 0 aliphatic carbocycles. The van der Waals surface area contributed by atoms with Crippen molar-refractivity contribution in [2.75, 3.05) is 6.67 Å². The molecule has 0 amide bonds. The van der Waals surface area contributed by atoms with E-state index < -0.39 is 0 Å². The molecule has 0 nitrogen and oxygen atoms in total. The first kappa shape index (κ1) is 11.7. The summed E-state index contributed by atoms with van der Waals surface area (Å²) < 4.78 is 12.5. The minimum Gasteiger partial charge on any atom is -0.251 e. The lowest BCUT2D eigenvalue weighted by Gasteiger charge is -2.06. The number of hydrogen-bond acceptors (Lipinski definition) is 0. The van der Waals surface area contributed by atoms with E-state index in [1.54, 1.807) is 0 Å². The van der Waals surface area contributed by atoms with E-state index in [4.69, 9.17) is 0 Å². The highest BCUT2D eigenvalue weighted by Gasteiger charge is 2.01. The average molecular weight is 272 g/mol. The van der Waals surface area contributed by atoms with Gasteiger partial charge in [0, 0.05) is 3.92 Å². The zero-order valence-electron chi connectivity index (χ0n) is 7.28. The van der Waals surface area contributed by atoms with Crippen molar-refractivity contribution in [1.29, 1.82) is 0 Å². The summed E-state index contributed by atoms with van der Waals surface area (Å²) in [5.41, 5.74) is 0. The smallest absolute Gasteiger partial charge is 0.0894 e. The molecule has 0 saturated carbocycles. The molecule has 0 spiro atoms. The lowest BCUT2D eigenvalue weighted by molar-refractivity contribution is 0.453. The molecule has 0 aromatic rings. The van der Waals surface area contributed by atoms with Crippen LogP contribution in [-0.2, 0) is 0 Å². The molecule has 0 aliphatic heterocycles. The maximum Gasteiger partial charge on any atom is 0.0894 e. The highest BCUT2D eigenvalue weighted by molar-refractivity contribution is 14.1. The van der Waals surface area contributed by atoms with E-state index >= 15 is 0 Å². The maximum absolute atomic E-state index is 11.7. The van der Waals surface area contributed by atoms with Crippen molar-refractivity contribution < 1.29 is 4.39 Å². The minimum absolute atomic E-state index is 0.142. The largest absolute Gasteiger partial charge is 0.251 e. The molecule has 68 valence electrons. The van der Waals surface area contributed by atoms with E-state index in [-0.39, 0.29) is 6.67 Å². The zero-order valence-corrected chi connectivity index (χ0v) is 9.44. The summed E-state index contributed by atoms with van der Waals surface area (Å²) in [7, 11) is 0. The van der Waals surface area contributed by atoms with Crippen molar-refractivity contribution in [3.8, 4) is 0 Å². The van der Waals surface area contributed by atoms with Crippen LogP contribution in [0.3, 0.4) is 0 Å². The first-order valence-corrected chi connectivity index (χ1v) is 5.75. The molecule has 0 fully saturated rings. The quantitative estimate of drug-likeness (QED) is 0.371.